The molecule has 1 saturated heterocycles. The van der Waals surface area contributed by atoms with Gasteiger partial charge in [-0.3, -0.25) is 0 Å². The highest BCUT2D eigenvalue weighted by Gasteiger charge is 2.38. The van der Waals surface area contributed by atoms with Gasteiger partial charge in [0.1, 0.15) is 5.60 Å². The SMILES string of the molecule is CC1OCCC1(O)CNCCCN. The van der Waals surface area contributed by atoms with Gasteiger partial charge in [0, 0.05) is 19.6 Å². The van der Waals surface area contributed by atoms with Crippen molar-refractivity contribution in [2.45, 2.75) is 31.5 Å². The standard InChI is InChI=1S/C9H20N2O2/c1-8-9(12,3-6-13-8)7-11-5-2-4-10/h8,11-12H,2-7,10H2,1H3. The van der Waals surface area contributed by atoms with E-state index in [1.54, 1.807) is 0 Å². The van der Waals surface area contributed by atoms with Crippen molar-refractivity contribution < 1.29 is 9.84 Å². The zero-order valence-corrected chi connectivity index (χ0v) is 8.25. The molecule has 0 saturated carbocycles. The van der Waals surface area contributed by atoms with Crippen LogP contribution in [-0.4, -0.2) is 43.1 Å². The van der Waals surface area contributed by atoms with Gasteiger partial charge in [-0.2, -0.15) is 0 Å². The van der Waals surface area contributed by atoms with Gasteiger partial charge in [0.25, 0.3) is 0 Å². The van der Waals surface area contributed by atoms with Crippen LogP contribution in [0.25, 0.3) is 0 Å². The maximum absolute atomic E-state index is 10.0. The normalized spacial score (nSPS) is 33.9. The smallest absolute Gasteiger partial charge is 0.105 e. The van der Waals surface area contributed by atoms with Crippen molar-refractivity contribution in [3.05, 3.63) is 0 Å². The Bertz CT molecular complexity index is 155. The van der Waals surface area contributed by atoms with E-state index in [1.165, 1.54) is 0 Å². The Hall–Kier alpha value is -0.160. The van der Waals surface area contributed by atoms with E-state index >= 15 is 0 Å². The average molecular weight is 188 g/mol. The molecular formula is C9H20N2O2. The van der Waals surface area contributed by atoms with Crippen LogP contribution in [0.2, 0.25) is 0 Å². The molecule has 0 bridgehead atoms. The van der Waals surface area contributed by atoms with Crippen molar-refractivity contribution in [2.24, 2.45) is 5.73 Å². The second kappa shape index (κ2) is 4.91. The summed E-state index contributed by atoms with van der Waals surface area (Å²) in [5.41, 5.74) is 4.68. The van der Waals surface area contributed by atoms with E-state index < -0.39 is 5.60 Å². The second-order valence-electron chi connectivity index (χ2n) is 3.69. The molecule has 4 N–H and O–H groups in total. The molecule has 0 spiro atoms. The van der Waals surface area contributed by atoms with Crippen LogP contribution in [0.1, 0.15) is 19.8 Å². The average Bonchev–Trinajstić information content (AvgIpc) is 2.42. The van der Waals surface area contributed by atoms with Gasteiger partial charge in [0.05, 0.1) is 6.10 Å². The summed E-state index contributed by atoms with van der Waals surface area (Å²) in [5.74, 6) is 0. The number of rotatable bonds is 5. The summed E-state index contributed by atoms with van der Waals surface area (Å²) in [7, 11) is 0. The molecule has 0 aromatic heterocycles. The molecule has 4 nitrogen and oxygen atoms in total. The molecule has 1 aliphatic heterocycles. The van der Waals surface area contributed by atoms with Gasteiger partial charge >= 0.3 is 0 Å². The highest BCUT2D eigenvalue weighted by Crippen LogP contribution is 2.24. The quantitative estimate of drug-likeness (QED) is 0.507. The molecule has 4 heteroatoms. The Labute approximate surface area is 79.5 Å². The molecule has 2 unspecified atom stereocenters. The Morgan fingerprint density at radius 1 is 1.69 bits per heavy atom. The summed E-state index contributed by atoms with van der Waals surface area (Å²) in [5, 5.41) is 13.2. The minimum atomic E-state index is -0.672. The highest BCUT2D eigenvalue weighted by atomic mass is 16.5. The molecule has 1 fully saturated rings. The van der Waals surface area contributed by atoms with E-state index in [-0.39, 0.29) is 6.10 Å². The van der Waals surface area contributed by atoms with Crippen LogP contribution in [-0.2, 0) is 4.74 Å². The Morgan fingerprint density at radius 2 is 2.46 bits per heavy atom. The Kier molecular flexibility index (Phi) is 4.12. The van der Waals surface area contributed by atoms with Gasteiger partial charge in [0.15, 0.2) is 0 Å². The predicted octanol–water partition coefficient (Wildman–Crippen LogP) is -0.535. The lowest BCUT2D eigenvalue weighted by Gasteiger charge is -2.26. The van der Waals surface area contributed by atoms with Crippen molar-refractivity contribution >= 4 is 0 Å². The lowest BCUT2D eigenvalue weighted by atomic mass is 9.97. The maximum atomic E-state index is 10.0. The monoisotopic (exact) mass is 188 g/mol. The molecule has 1 rings (SSSR count). The van der Waals surface area contributed by atoms with Gasteiger partial charge in [-0.25, -0.2) is 0 Å². The fourth-order valence-electron chi connectivity index (χ4n) is 1.53. The van der Waals surface area contributed by atoms with Gasteiger partial charge in [-0.15, -0.1) is 0 Å². The predicted molar refractivity (Wildman–Crippen MR) is 51.5 cm³/mol. The van der Waals surface area contributed by atoms with Crippen LogP contribution >= 0.6 is 0 Å². The zero-order chi connectivity index (χ0) is 9.73. The fraction of sp³-hybridized carbons (Fsp3) is 1.00. The molecule has 1 heterocycles. The van der Waals surface area contributed by atoms with Gasteiger partial charge in [-0.1, -0.05) is 0 Å². The molecular weight excluding hydrogens is 168 g/mol. The summed E-state index contributed by atoms with van der Waals surface area (Å²) >= 11 is 0. The molecule has 0 aliphatic carbocycles. The van der Waals surface area contributed by atoms with Crippen LogP contribution in [0.3, 0.4) is 0 Å². The van der Waals surface area contributed by atoms with Crippen LogP contribution in [0.5, 0.6) is 0 Å². The molecule has 0 radical (unpaired) electrons. The van der Waals surface area contributed by atoms with Crippen molar-refractivity contribution in [2.75, 3.05) is 26.2 Å². The first-order valence-corrected chi connectivity index (χ1v) is 4.94. The van der Waals surface area contributed by atoms with E-state index in [1.807, 2.05) is 6.92 Å². The van der Waals surface area contributed by atoms with Gasteiger partial charge in [-0.05, 0) is 26.4 Å². The van der Waals surface area contributed by atoms with Crippen LogP contribution in [0.15, 0.2) is 0 Å². The summed E-state index contributed by atoms with van der Waals surface area (Å²) in [4.78, 5) is 0. The first-order valence-electron chi connectivity index (χ1n) is 4.94. The number of aliphatic hydroxyl groups is 1. The number of hydrogen-bond acceptors (Lipinski definition) is 4. The molecule has 2 atom stereocenters. The third-order valence-electron chi connectivity index (χ3n) is 2.65. The van der Waals surface area contributed by atoms with Gasteiger partial charge < -0.3 is 20.9 Å². The molecule has 13 heavy (non-hydrogen) atoms. The van der Waals surface area contributed by atoms with E-state index in [4.69, 9.17) is 10.5 Å². The molecule has 0 amide bonds. The molecule has 0 aromatic rings. The highest BCUT2D eigenvalue weighted by molar-refractivity contribution is 4.91. The van der Waals surface area contributed by atoms with Crippen molar-refractivity contribution in [1.29, 1.82) is 0 Å². The first kappa shape index (κ1) is 10.9. The molecule has 78 valence electrons. The number of nitrogens with one attached hydrogen (secondary N) is 1. The van der Waals surface area contributed by atoms with E-state index in [0.717, 1.165) is 19.4 Å². The van der Waals surface area contributed by atoms with Crippen LogP contribution in [0, 0.1) is 0 Å². The van der Waals surface area contributed by atoms with Crippen LogP contribution < -0.4 is 11.1 Å². The van der Waals surface area contributed by atoms with E-state index in [0.29, 0.717) is 19.7 Å². The molecule has 0 aromatic carbocycles. The lowest BCUT2D eigenvalue weighted by Crippen LogP contribution is -2.46. The zero-order valence-electron chi connectivity index (χ0n) is 8.25. The fourth-order valence-corrected chi connectivity index (χ4v) is 1.53. The minimum absolute atomic E-state index is 0.0575. The third kappa shape index (κ3) is 2.91. The number of hydrogen-bond donors (Lipinski definition) is 3. The third-order valence-corrected chi connectivity index (χ3v) is 2.65. The maximum Gasteiger partial charge on any atom is 0.105 e. The number of nitrogens with two attached hydrogens (primary N) is 1. The van der Waals surface area contributed by atoms with E-state index in [2.05, 4.69) is 5.32 Å². The summed E-state index contributed by atoms with van der Waals surface area (Å²) < 4.78 is 5.31. The lowest BCUT2D eigenvalue weighted by molar-refractivity contribution is -0.0259. The van der Waals surface area contributed by atoms with Gasteiger partial charge in [0.2, 0.25) is 0 Å². The Balaban J connectivity index is 2.18. The second-order valence-corrected chi connectivity index (χ2v) is 3.69. The van der Waals surface area contributed by atoms with Crippen molar-refractivity contribution in [3.63, 3.8) is 0 Å². The van der Waals surface area contributed by atoms with Crippen molar-refractivity contribution in [3.8, 4) is 0 Å². The molecule has 1 aliphatic rings. The summed E-state index contributed by atoms with van der Waals surface area (Å²) in [6, 6.07) is 0. The minimum Gasteiger partial charge on any atom is -0.386 e. The van der Waals surface area contributed by atoms with Crippen LogP contribution in [0.4, 0.5) is 0 Å². The first-order chi connectivity index (χ1) is 6.19. The van der Waals surface area contributed by atoms with Crippen molar-refractivity contribution in [1.82, 2.24) is 5.32 Å². The summed E-state index contributed by atoms with van der Waals surface area (Å²) in [6.07, 6.45) is 1.62. The largest absolute Gasteiger partial charge is 0.386 e. The number of ether oxygens (including phenoxy) is 1. The summed E-state index contributed by atoms with van der Waals surface area (Å²) in [6.45, 7) is 4.74. The Morgan fingerprint density at radius 3 is 3.00 bits per heavy atom. The van der Waals surface area contributed by atoms with E-state index in [9.17, 15) is 5.11 Å². The topological polar surface area (TPSA) is 67.5 Å².